The van der Waals surface area contributed by atoms with Crippen molar-refractivity contribution >= 4 is 11.6 Å². The van der Waals surface area contributed by atoms with E-state index >= 15 is 0 Å². The van der Waals surface area contributed by atoms with Gasteiger partial charge < -0.3 is 5.32 Å². The second kappa shape index (κ2) is 6.21. The second-order valence-electron chi connectivity index (χ2n) is 4.45. The van der Waals surface area contributed by atoms with Crippen LogP contribution in [0.25, 0.3) is 0 Å². The molecule has 6 heteroatoms. The van der Waals surface area contributed by atoms with Crippen LogP contribution in [-0.2, 0) is 19.6 Å². The van der Waals surface area contributed by atoms with E-state index in [9.17, 15) is 0 Å². The van der Waals surface area contributed by atoms with Crippen molar-refractivity contribution in [3.05, 3.63) is 34.4 Å². The number of aromatic nitrogens is 4. The minimum absolute atomic E-state index is 0.652. The van der Waals surface area contributed by atoms with E-state index in [2.05, 4.69) is 29.4 Å². The molecule has 0 aliphatic rings. The fourth-order valence-electron chi connectivity index (χ4n) is 2.01. The Bertz CT molecular complexity index is 543. The fourth-order valence-corrected chi connectivity index (χ4v) is 2.21. The largest absolute Gasteiger partial charge is 0.311 e. The zero-order valence-electron chi connectivity index (χ0n) is 11.6. The molecule has 104 valence electrons. The summed E-state index contributed by atoms with van der Waals surface area (Å²) < 4.78 is 3.84. The number of nitrogens with zero attached hydrogens (tertiary/aromatic N) is 4. The van der Waals surface area contributed by atoms with Gasteiger partial charge in [0.2, 0.25) is 0 Å². The van der Waals surface area contributed by atoms with Gasteiger partial charge in [0.05, 0.1) is 28.6 Å². The Morgan fingerprint density at radius 2 is 2.11 bits per heavy atom. The smallest absolute Gasteiger partial charge is 0.0866 e. The molecule has 0 radical (unpaired) electrons. The molecule has 0 fully saturated rings. The van der Waals surface area contributed by atoms with Crippen LogP contribution in [0.4, 0.5) is 0 Å². The molecule has 0 bridgehead atoms. The maximum atomic E-state index is 6.30. The zero-order valence-corrected chi connectivity index (χ0v) is 12.4. The Kier molecular flexibility index (Phi) is 4.61. The van der Waals surface area contributed by atoms with Crippen molar-refractivity contribution in [1.82, 2.24) is 24.9 Å². The number of hydrogen-bond acceptors (Lipinski definition) is 3. The Morgan fingerprint density at radius 3 is 2.79 bits per heavy atom. The van der Waals surface area contributed by atoms with Crippen molar-refractivity contribution < 1.29 is 0 Å². The molecule has 2 aromatic heterocycles. The molecule has 0 saturated carbocycles. The fraction of sp³-hybridized carbons (Fsp3) is 0.538. The maximum Gasteiger partial charge on any atom is 0.0866 e. The molecule has 2 heterocycles. The molecule has 1 N–H and O–H groups in total. The first-order chi connectivity index (χ1) is 9.15. The average Bonchev–Trinajstić information content (AvgIpc) is 2.96. The highest BCUT2D eigenvalue weighted by atomic mass is 35.5. The Morgan fingerprint density at radius 1 is 1.32 bits per heavy atom. The summed E-state index contributed by atoms with van der Waals surface area (Å²) in [7, 11) is 0. The van der Waals surface area contributed by atoms with Crippen molar-refractivity contribution in [2.45, 2.75) is 40.4 Å². The van der Waals surface area contributed by atoms with E-state index in [0.29, 0.717) is 6.54 Å². The lowest BCUT2D eigenvalue weighted by molar-refractivity contribution is 0.569. The number of nitrogens with one attached hydrogen (secondary N) is 1. The van der Waals surface area contributed by atoms with Gasteiger partial charge in [-0.1, -0.05) is 18.5 Å². The Balaban J connectivity index is 2.14. The summed E-state index contributed by atoms with van der Waals surface area (Å²) in [4.78, 5) is 0. The lowest BCUT2D eigenvalue weighted by Crippen LogP contribution is -2.13. The first-order valence-corrected chi connectivity index (χ1v) is 6.98. The number of rotatable bonds is 6. The lowest BCUT2D eigenvalue weighted by Gasteiger charge is -2.05. The third-order valence-electron chi connectivity index (χ3n) is 3.02. The van der Waals surface area contributed by atoms with E-state index in [1.807, 2.05) is 28.6 Å². The molecular weight excluding hydrogens is 262 g/mol. The molecule has 0 spiro atoms. The van der Waals surface area contributed by atoms with Crippen molar-refractivity contribution in [3.63, 3.8) is 0 Å². The predicted octanol–water partition coefficient (Wildman–Crippen LogP) is 2.22. The van der Waals surface area contributed by atoms with E-state index in [1.54, 1.807) is 0 Å². The summed E-state index contributed by atoms with van der Waals surface area (Å²) >= 11 is 6.30. The molecule has 0 aromatic carbocycles. The van der Waals surface area contributed by atoms with E-state index in [4.69, 9.17) is 11.6 Å². The van der Waals surface area contributed by atoms with E-state index in [1.165, 1.54) is 0 Å². The number of halogens is 1. The highest BCUT2D eigenvalue weighted by Crippen LogP contribution is 2.21. The molecule has 19 heavy (non-hydrogen) atoms. The third-order valence-corrected chi connectivity index (χ3v) is 3.51. The molecule has 0 atom stereocenters. The quantitative estimate of drug-likeness (QED) is 0.883. The van der Waals surface area contributed by atoms with Gasteiger partial charge in [-0.15, -0.1) is 0 Å². The van der Waals surface area contributed by atoms with Gasteiger partial charge in [0.1, 0.15) is 0 Å². The first kappa shape index (κ1) is 14.1. The topological polar surface area (TPSA) is 47.7 Å². The normalized spacial score (nSPS) is 11.2. The summed E-state index contributed by atoms with van der Waals surface area (Å²) in [6.07, 6.45) is 1.98. The van der Waals surface area contributed by atoms with Gasteiger partial charge >= 0.3 is 0 Å². The molecule has 2 aromatic rings. The minimum atomic E-state index is 0.652. The summed E-state index contributed by atoms with van der Waals surface area (Å²) in [5.41, 5.74) is 2.93. The van der Waals surface area contributed by atoms with E-state index in [0.717, 1.165) is 41.7 Å². The van der Waals surface area contributed by atoms with Gasteiger partial charge in [-0.2, -0.15) is 10.2 Å². The summed E-state index contributed by atoms with van der Waals surface area (Å²) in [5, 5.41) is 12.9. The number of aryl methyl sites for hydroxylation is 2. The first-order valence-electron chi connectivity index (χ1n) is 6.60. The van der Waals surface area contributed by atoms with Crippen molar-refractivity contribution in [2.24, 2.45) is 0 Å². The van der Waals surface area contributed by atoms with Gasteiger partial charge in [0, 0.05) is 19.3 Å². The van der Waals surface area contributed by atoms with Crippen LogP contribution < -0.4 is 5.32 Å². The van der Waals surface area contributed by atoms with Gasteiger partial charge in [-0.25, -0.2) is 0 Å². The predicted molar refractivity (Wildman–Crippen MR) is 76.4 cm³/mol. The van der Waals surface area contributed by atoms with Crippen LogP contribution in [0.3, 0.4) is 0 Å². The maximum absolute atomic E-state index is 6.30. The van der Waals surface area contributed by atoms with Crippen LogP contribution in [-0.4, -0.2) is 26.1 Å². The molecule has 0 aliphatic heterocycles. The average molecular weight is 282 g/mol. The van der Waals surface area contributed by atoms with Crippen LogP contribution in [0.5, 0.6) is 0 Å². The highest BCUT2D eigenvalue weighted by Gasteiger charge is 2.13. The molecule has 0 amide bonds. The number of hydrogen-bond donors (Lipinski definition) is 1. The van der Waals surface area contributed by atoms with Crippen molar-refractivity contribution in [2.75, 3.05) is 6.54 Å². The van der Waals surface area contributed by atoms with Crippen LogP contribution in [0.15, 0.2) is 12.3 Å². The monoisotopic (exact) mass is 281 g/mol. The van der Waals surface area contributed by atoms with Gasteiger partial charge in [0.25, 0.3) is 0 Å². The molecule has 5 nitrogen and oxygen atoms in total. The Hall–Kier alpha value is -1.33. The van der Waals surface area contributed by atoms with E-state index < -0.39 is 0 Å². The molecular formula is C13H20ClN5. The summed E-state index contributed by atoms with van der Waals surface area (Å²) in [5.74, 6) is 0. The van der Waals surface area contributed by atoms with Gasteiger partial charge in [-0.05, 0) is 26.5 Å². The molecule has 0 unspecified atom stereocenters. The van der Waals surface area contributed by atoms with Crippen molar-refractivity contribution in [3.8, 4) is 0 Å². The molecule has 0 aliphatic carbocycles. The standard InChI is InChI=1S/C13H20ClN5/c1-4-15-8-11-6-7-18(17-11)9-12-13(14)10(3)16-19(12)5-2/h6-7,15H,4-5,8-9H2,1-3H3. The second-order valence-corrected chi connectivity index (χ2v) is 4.82. The highest BCUT2D eigenvalue weighted by molar-refractivity contribution is 6.31. The third kappa shape index (κ3) is 3.16. The van der Waals surface area contributed by atoms with E-state index in [-0.39, 0.29) is 0 Å². The van der Waals surface area contributed by atoms with Crippen LogP contribution in [0.1, 0.15) is 30.9 Å². The lowest BCUT2D eigenvalue weighted by atomic mass is 10.3. The van der Waals surface area contributed by atoms with Crippen LogP contribution in [0.2, 0.25) is 5.02 Å². The van der Waals surface area contributed by atoms with Crippen LogP contribution >= 0.6 is 11.6 Å². The molecule has 0 saturated heterocycles. The van der Waals surface area contributed by atoms with Crippen LogP contribution in [0, 0.1) is 6.92 Å². The SMILES string of the molecule is CCNCc1ccn(Cc2c(Cl)c(C)nn2CC)n1. The summed E-state index contributed by atoms with van der Waals surface area (Å²) in [6.45, 7) is 9.28. The van der Waals surface area contributed by atoms with Crippen molar-refractivity contribution in [1.29, 1.82) is 0 Å². The van der Waals surface area contributed by atoms with Gasteiger partial charge in [0.15, 0.2) is 0 Å². The summed E-state index contributed by atoms with van der Waals surface area (Å²) in [6, 6.07) is 2.02. The Labute approximate surface area is 118 Å². The van der Waals surface area contributed by atoms with Gasteiger partial charge in [-0.3, -0.25) is 9.36 Å². The zero-order chi connectivity index (χ0) is 13.8. The minimum Gasteiger partial charge on any atom is -0.311 e. The molecule has 2 rings (SSSR count).